The number of sulfonamides is 1. The Morgan fingerprint density at radius 2 is 2.00 bits per heavy atom. The highest BCUT2D eigenvalue weighted by molar-refractivity contribution is 9.10. The summed E-state index contributed by atoms with van der Waals surface area (Å²) in [6.07, 6.45) is 0. The van der Waals surface area contributed by atoms with E-state index in [9.17, 15) is 13.2 Å². The topological polar surface area (TPSA) is 98.5 Å². The monoisotopic (exact) mass is 378 g/mol. The third-order valence-corrected chi connectivity index (χ3v) is 4.83. The average molecular weight is 379 g/mol. The predicted molar refractivity (Wildman–Crippen MR) is 83.7 cm³/mol. The molecule has 1 aromatic carbocycles. The van der Waals surface area contributed by atoms with Gasteiger partial charge in [0.05, 0.1) is 10.5 Å². The maximum atomic E-state index is 12.2. The summed E-state index contributed by atoms with van der Waals surface area (Å²) in [7, 11) is -2.33. The molecule has 0 fully saturated rings. The van der Waals surface area contributed by atoms with Gasteiger partial charge >= 0.3 is 0 Å². The van der Waals surface area contributed by atoms with Crippen LogP contribution in [0.25, 0.3) is 0 Å². The zero-order chi connectivity index (χ0) is 16.4. The molecular weight excluding hydrogens is 360 g/mol. The van der Waals surface area contributed by atoms with Gasteiger partial charge in [-0.1, -0.05) is 15.9 Å². The molecule has 0 aliphatic carbocycles. The SMILES string of the molecule is COC(C)(C)CNC(=O)c1cc(S(N)(=O)=O)cc(Br)c1C. The number of nitrogens with one attached hydrogen (secondary N) is 1. The number of carbonyl (C=O) groups is 1. The summed E-state index contributed by atoms with van der Waals surface area (Å²) in [4.78, 5) is 12.1. The second-order valence-electron chi connectivity index (χ2n) is 5.27. The summed E-state index contributed by atoms with van der Waals surface area (Å²) in [5.41, 5.74) is 0.369. The number of rotatable bonds is 5. The van der Waals surface area contributed by atoms with E-state index in [4.69, 9.17) is 9.88 Å². The van der Waals surface area contributed by atoms with E-state index >= 15 is 0 Å². The number of benzene rings is 1. The normalized spacial score (nSPS) is 12.3. The number of ether oxygens (including phenoxy) is 1. The molecule has 118 valence electrons. The van der Waals surface area contributed by atoms with Gasteiger partial charge < -0.3 is 10.1 Å². The van der Waals surface area contributed by atoms with Crippen molar-refractivity contribution in [2.45, 2.75) is 31.3 Å². The van der Waals surface area contributed by atoms with Crippen molar-refractivity contribution in [1.29, 1.82) is 0 Å². The van der Waals surface area contributed by atoms with Gasteiger partial charge in [0.25, 0.3) is 5.91 Å². The molecule has 0 saturated carbocycles. The van der Waals surface area contributed by atoms with Gasteiger partial charge in [-0.3, -0.25) is 4.79 Å². The van der Waals surface area contributed by atoms with Crippen molar-refractivity contribution >= 4 is 31.9 Å². The molecule has 6 nitrogen and oxygen atoms in total. The number of methoxy groups -OCH3 is 1. The lowest BCUT2D eigenvalue weighted by molar-refractivity contribution is 0.0228. The van der Waals surface area contributed by atoms with Crippen molar-refractivity contribution in [3.8, 4) is 0 Å². The van der Waals surface area contributed by atoms with Crippen LogP contribution in [0.15, 0.2) is 21.5 Å². The van der Waals surface area contributed by atoms with Crippen LogP contribution in [0.5, 0.6) is 0 Å². The molecule has 0 radical (unpaired) electrons. The average Bonchev–Trinajstić information content (AvgIpc) is 2.38. The molecule has 1 aromatic rings. The van der Waals surface area contributed by atoms with E-state index in [-0.39, 0.29) is 16.4 Å². The summed E-state index contributed by atoms with van der Waals surface area (Å²) in [5.74, 6) is -0.385. The zero-order valence-electron chi connectivity index (χ0n) is 12.4. The fourth-order valence-electron chi connectivity index (χ4n) is 1.51. The lowest BCUT2D eigenvalue weighted by Crippen LogP contribution is -2.40. The molecule has 0 atom stereocenters. The third kappa shape index (κ3) is 4.77. The quantitative estimate of drug-likeness (QED) is 0.811. The van der Waals surface area contributed by atoms with Gasteiger partial charge in [0, 0.05) is 23.7 Å². The Morgan fingerprint density at radius 1 is 1.43 bits per heavy atom. The molecular formula is C13H19BrN2O4S. The van der Waals surface area contributed by atoms with Crippen LogP contribution in [-0.4, -0.2) is 33.6 Å². The second-order valence-corrected chi connectivity index (χ2v) is 7.68. The van der Waals surface area contributed by atoms with Crippen LogP contribution in [0, 0.1) is 6.92 Å². The summed E-state index contributed by atoms with van der Waals surface area (Å²) >= 11 is 3.24. The van der Waals surface area contributed by atoms with Crippen LogP contribution in [0.2, 0.25) is 0 Å². The van der Waals surface area contributed by atoms with Gasteiger partial charge in [0.1, 0.15) is 0 Å². The maximum Gasteiger partial charge on any atom is 0.251 e. The molecule has 1 amide bonds. The number of amides is 1. The third-order valence-electron chi connectivity index (χ3n) is 3.12. The Labute approximate surface area is 133 Å². The van der Waals surface area contributed by atoms with Crippen molar-refractivity contribution < 1.29 is 17.9 Å². The van der Waals surface area contributed by atoms with E-state index < -0.39 is 15.6 Å². The van der Waals surface area contributed by atoms with Gasteiger partial charge in [-0.2, -0.15) is 0 Å². The first-order valence-electron chi connectivity index (χ1n) is 6.14. The molecule has 0 aromatic heterocycles. The Bertz CT molecular complexity index is 656. The minimum atomic E-state index is -3.88. The van der Waals surface area contributed by atoms with E-state index in [1.807, 2.05) is 13.8 Å². The molecule has 0 bridgehead atoms. The zero-order valence-corrected chi connectivity index (χ0v) is 14.8. The summed E-state index contributed by atoms with van der Waals surface area (Å²) in [6, 6.07) is 2.64. The summed E-state index contributed by atoms with van der Waals surface area (Å²) < 4.78 is 28.6. The van der Waals surface area contributed by atoms with E-state index in [0.717, 1.165) is 0 Å². The molecule has 0 aliphatic rings. The van der Waals surface area contributed by atoms with Gasteiger partial charge in [-0.15, -0.1) is 0 Å². The smallest absolute Gasteiger partial charge is 0.251 e. The maximum absolute atomic E-state index is 12.2. The Balaban J connectivity index is 3.13. The summed E-state index contributed by atoms with van der Waals surface area (Å²) in [5, 5.41) is 7.83. The first kappa shape index (κ1) is 18.1. The number of hydrogen-bond donors (Lipinski definition) is 2. The highest BCUT2D eigenvalue weighted by Crippen LogP contribution is 2.24. The van der Waals surface area contributed by atoms with E-state index in [0.29, 0.717) is 16.6 Å². The number of nitrogens with two attached hydrogens (primary N) is 1. The Hall–Kier alpha value is -0.960. The standard InChI is InChI=1S/C13H19BrN2O4S/c1-8-10(12(17)16-7-13(2,3)20-4)5-9(6-11(8)14)21(15,18)19/h5-6H,7H2,1-4H3,(H,16,17)(H2,15,18,19). The molecule has 3 N–H and O–H groups in total. The number of hydrogen-bond acceptors (Lipinski definition) is 4. The lowest BCUT2D eigenvalue weighted by Gasteiger charge is -2.23. The first-order chi connectivity index (χ1) is 9.48. The molecule has 0 saturated heterocycles. The van der Waals surface area contributed by atoms with Crippen LogP contribution in [0.4, 0.5) is 0 Å². The van der Waals surface area contributed by atoms with Gasteiger partial charge in [0.15, 0.2) is 0 Å². The minimum absolute atomic E-state index is 0.115. The number of halogens is 1. The second kappa shape index (κ2) is 6.43. The van der Waals surface area contributed by atoms with Crippen molar-refractivity contribution in [3.05, 3.63) is 27.7 Å². The minimum Gasteiger partial charge on any atom is -0.377 e. The highest BCUT2D eigenvalue weighted by Gasteiger charge is 2.21. The van der Waals surface area contributed by atoms with E-state index in [1.54, 1.807) is 14.0 Å². The van der Waals surface area contributed by atoms with Crippen LogP contribution in [-0.2, 0) is 14.8 Å². The van der Waals surface area contributed by atoms with Crippen LogP contribution >= 0.6 is 15.9 Å². The molecule has 1 rings (SSSR count). The number of carbonyl (C=O) groups excluding carboxylic acids is 1. The molecule has 0 heterocycles. The number of primary sulfonamides is 1. The predicted octanol–water partition coefficient (Wildman–Crippen LogP) is 1.56. The fourth-order valence-corrected chi connectivity index (χ4v) is 2.69. The lowest BCUT2D eigenvalue weighted by atomic mass is 10.1. The van der Waals surface area contributed by atoms with Crippen molar-refractivity contribution in [1.82, 2.24) is 5.32 Å². The molecule has 8 heteroatoms. The Kier molecular flexibility index (Phi) is 5.54. The first-order valence-corrected chi connectivity index (χ1v) is 8.48. The Morgan fingerprint density at radius 3 is 2.48 bits per heavy atom. The molecule has 21 heavy (non-hydrogen) atoms. The van der Waals surface area contributed by atoms with E-state index in [2.05, 4.69) is 21.2 Å². The molecule has 0 aliphatic heterocycles. The van der Waals surface area contributed by atoms with Crippen molar-refractivity contribution in [2.75, 3.05) is 13.7 Å². The van der Waals surface area contributed by atoms with Gasteiger partial charge in [0.2, 0.25) is 10.0 Å². The molecule has 0 spiro atoms. The van der Waals surface area contributed by atoms with E-state index in [1.165, 1.54) is 12.1 Å². The van der Waals surface area contributed by atoms with Crippen LogP contribution in [0.1, 0.15) is 29.8 Å². The highest BCUT2D eigenvalue weighted by atomic mass is 79.9. The van der Waals surface area contributed by atoms with Crippen LogP contribution < -0.4 is 10.5 Å². The fraction of sp³-hybridized carbons (Fsp3) is 0.462. The largest absolute Gasteiger partial charge is 0.377 e. The van der Waals surface area contributed by atoms with Gasteiger partial charge in [-0.05, 0) is 38.5 Å². The van der Waals surface area contributed by atoms with Gasteiger partial charge in [-0.25, -0.2) is 13.6 Å². The molecule has 0 unspecified atom stereocenters. The summed E-state index contributed by atoms with van der Waals surface area (Å²) in [6.45, 7) is 5.67. The van der Waals surface area contributed by atoms with Crippen molar-refractivity contribution in [3.63, 3.8) is 0 Å². The van der Waals surface area contributed by atoms with Crippen LogP contribution in [0.3, 0.4) is 0 Å². The van der Waals surface area contributed by atoms with Crippen molar-refractivity contribution in [2.24, 2.45) is 5.14 Å².